The van der Waals surface area contributed by atoms with E-state index in [4.69, 9.17) is 111 Å². The van der Waals surface area contributed by atoms with E-state index >= 15 is 0 Å². The van der Waals surface area contributed by atoms with Crippen LogP contribution in [0.4, 0.5) is 31.1 Å². The molecular weight excluding hydrogens is 1570 g/mol. The summed E-state index contributed by atoms with van der Waals surface area (Å²) in [4.78, 5) is 113. The van der Waals surface area contributed by atoms with Crippen LogP contribution in [-0.4, -0.2) is 375 Å². The van der Waals surface area contributed by atoms with E-state index in [1.165, 1.54) is 0 Å². The van der Waals surface area contributed by atoms with Gasteiger partial charge in [-0.2, -0.15) is 15.0 Å². The van der Waals surface area contributed by atoms with Crippen molar-refractivity contribution in [1.82, 2.24) is 57.5 Å². The fourth-order valence-corrected chi connectivity index (χ4v) is 8.87. The molecule has 8 amide bonds. The van der Waals surface area contributed by atoms with Crippen LogP contribution in [0, 0.1) is 0 Å². The smallest absolute Gasteiger partial charge is 0.407 e. The maximum atomic E-state index is 12.1. The van der Waals surface area contributed by atoms with Gasteiger partial charge in [-0.1, -0.05) is 0 Å². The van der Waals surface area contributed by atoms with Crippen LogP contribution >= 0.6 is 11.6 Å². The van der Waals surface area contributed by atoms with Crippen molar-refractivity contribution in [1.29, 1.82) is 0 Å². The number of hydrogen-bond donors (Lipinski definition) is 8. The summed E-state index contributed by atoms with van der Waals surface area (Å²) in [5, 5.41) is 21.2. The van der Waals surface area contributed by atoms with Crippen LogP contribution in [0.25, 0.3) is 0 Å². The van der Waals surface area contributed by atoms with E-state index in [0.29, 0.717) is 132 Å². The third kappa shape index (κ3) is 75.2. The third-order valence-corrected chi connectivity index (χ3v) is 14.2. The maximum Gasteiger partial charge on any atom is 0.407 e. The molecule has 0 aliphatic rings. The number of carbonyl (C=O) groups is 8. The fourth-order valence-electron chi connectivity index (χ4n) is 8.72. The van der Waals surface area contributed by atoms with Gasteiger partial charge >= 0.3 is 24.4 Å². The zero-order chi connectivity index (χ0) is 86.4. The number of rotatable bonds is 74. The number of nitrogens with zero attached hydrogens (tertiary/aromatic N) is 5. The van der Waals surface area contributed by atoms with Crippen LogP contribution < -0.4 is 52.3 Å². The lowest BCUT2D eigenvalue weighted by Crippen LogP contribution is -2.38. The number of amides is 8. The molecule has 0 aromatic carbocycles. The number of alkyl carbamates (subject to hydrolysis) is 4. The Morgan fingerprint density at radius 3 is 0.564 bits per heavy atom. The van der Waals surface area contributed by atoms with Gasteiger partial charge in [0.05, 0.1) is 211 Å². The summed E-state index contributed by atoms with van der Waals surface area (Å²) in [6.07, 6.45) is -1.60. The second kappa shape index (κ2) is 70.0. The van der Waals surface area contributed by atoms with Crippen molar-refractivity contribution in [3.8, 4) is 0 Å². The number of nitrogens with one attached hydrogen (secondary N) is 8. The Morgan fingerprint density at radius 2 is 0.393 bits per heavy atom. The lowest BCUT2D eigenvalue weighted by molar-refractivity contribution is -0.123. The number of aromatic nitrogens is 3. The highest BCUT2D eigenvalue weighted by atomic mass is 35.5. The molecule has 0 radical (unpaired) electrons. The first-order valence-electron chi connectivity index (χ1n) is 40.0. The van der Waals surface area contributed by atoms with Crippen molar-refractivity contribution in [3.63, 3.8) is 0 Å². The molecule has 0 aliphatic carbocycles. The number of anilines is 2. The Morgan fingerprint density at radius 1 is 0.239 bits per heavy atom. The molecule has 1 heterocycles. The largest absolute Gasteiger partial charge is 0.444 e. The number of hydrogen-bond acceptors (Lipinski definition) is 33. The zero-order valence-electron chi connectivity index (χ0n) is 71.5. The van der Waals surface area contributed by atoms with Gasteiger partial charge in [-0.15, -0.1) is 0 Å². The van der Waals surface area contributed by atoms with Crippen molar-refractivity contribution >= 4 is 71.5 Å². The molecule has 1 aromatic rings. The molecule has 680 valence electrons. The van der Waals surface area contributed by atoms with Crippen molar-refractivity contribution in [2.24, 2.45) is 0 Å². The first-order chi connectivity index (χ1) is 55.9. The number of carbonyl (C=O) groups excluding carboxylic acids is 8. The normalized spacial score (nSPS) is 11.7. The summed E-state index contributed by atoms with van der Waals surface area (Å²) in [5.74, 6) is -0.311. The minimum absolute atomic E-state index is 0.0604. The van der Waals surface area contributed by atoms with Crippen LogP contribution in [0.2, 0.25) is 5.28 Å². The molecular formula is C75H140ClN13O28. The van der Waals surface area contributed by atoms with Crippen molar-refractivity contribution < 1.29 is 133 Å². The second-order valence-electron chi connectivity index (χ2n) is 29.1. The molecule has 8 N–H and O–H groups in total. The lowest BCUT2D eigenvalue weighted by atomic mass is 10.2. The molecule has 1 rings (SSSR count). The highest BCUT2D eigenvalue weighted by Crippen LogP contribution is 2.18. The van der Waals surface area contributed by atoms with Crippen molar-refractivity contribution in [2.45, 2.75) is 131 Å². The Hall–Kier alpha value is -6.78. The van der Waals surface area contributed by atoms with Crippen molar-refractivity contribution in [2.75, 3.05) is 300 Å². The average Bonchev–Trinajstić information content (AvgIpc) is 0.832. The van der Waals surface area contributed by atoms with Crippen LogP contribution in [0.3, 0.4) is 0 Å². The van der Waals surface area contributed by atoms with E-state index < -0.39 is 46.8 Å². The molecule has 0 saturated carbocycles. The van der Waals surface area contributed by atoms with E-state index in [-0.39, 0.29) is 225 Å². The van der Waals surface area contributed by atoms with Crippen molar-refractivity contribution in [3.05, 3.63) is 5.28 Å². The Kier molecular flexibility index (Phi) is 64.7. The summed E-state index contributed by atoms with van der Waals surface area (Å²) in [5.41, 5.74) is -2.46. The van der Waals surface area contributed by atoms with E-state index in [1.807, 2.05) is 9.80 Å². The minimum atomic E-state index is -0.615. The highest BCUT2D eigenvalue weighted by Gasteiger charge is 2.22. The van der Waals surface area contributed by atoms with Crippen LogP contribution in [-0.2, 0) is 114 Å². The van der Waals surface area contributed by atoms with Crippen LogP contribution in [0.5, 0.6) is 0 Å². The zero-order valence-corrected chi connectivity index (χ0v) is 72.2. The summed E-state index contributed by atoms with van der Waals surface area (Å²) in [6.45, 7) is 33.4. The molecule has 0 bridgehead atoms. The molecule has 0 spiro atoms. The topological polar surface area (TPSA) is 463 Å². The summed E-state index contributed by atoms with van der Waals surface area (Å²) < 4.78 is 112. The minimum Gasteiger partial charge on any atom is -0.444 e. The van der Waals surface area contributed by atoms with Gasteiger partial charge in [0.2, 0.25) is 40.8 Å². The number of halogens is 1. The lowest BCUT2D eigenvalue weighted by Gasteiger charge is -2.26. The first kappa shape index (κ1) is 108. The Labute approximate surface area is 695 Å². The fraction of sp³-hybridized carbons (Fsp3) is 0.853. The van der Waals surface area contributed by atoms with E-state index in [2.05, 4.69) is 52.5 Å². The van der Waals surface area contributed by atoms with Gasteiger partial charge in [0.25, 0.3) is 0 Å². The molecule has 0 fully saturated rings. The quantitative estimate of drug-likeness (QED) is 0.0343. The van der Waals surface area contributed by atoms with E-state index in [1.54, 1.807) is 83.1 Å². The average molecular weight is 1710 g/mol. The molecule has 0 aliphatic heterocycles. The van der Waals surface area contributed by atoms with Gasteiger partial charge in [0.15, 0.2) is 0 Å². The van der Waals surface area contributed by atoms with Gasteiger partial charge in [0.1, 0.15) is 22.4 Å². The van der Waals surface area contributed by atoms with E-state index in [0.717, 1.165) is 0 Å². The van der Waals surface area contributed by atoms with E-state index in [9.17, 15) is 38.4 Å². The number of ether oxygens (including phenoxy) is 20. The standard InChI is InChI=1S/C75H140ClN13O28/c1-72(2,3)114-68(94)81-21-17-77-61(90)13-29-98-37-45-106-53-57-110-49-41-102-33-25-88(26-34-103-42-50-111-58-54-107-46-38-99-30-14-62(91)78-18-22-82-69(95)115-73(4,5)6)66-85-65(76)86-67(87-66)89(27-35-104-43-51-112-59-55-108-47-39-100-31-15-63(92)79-19-23-83-70(96)116-74(7,8)9)28-36-105-44-52-113-60-56-109-48-40-101-32-16-64(93)80-20-24-84-71(97)117-75(10,11)12/h13-60H2,1-12H3,(H,77,90)(H,78,91)(H,79,92)(H,80,93)(H,81,94)(H,82,95)(H,83,96)(H,84,97). The van der Waals surface area contributed by atoms with Gasteiger partial charge < -0.3 is 147 Å². The maximum absolute atomic E-state index is 12.1. The van der Waals surface area contributed by atoms with Gasteiger partial charge in [0, 0.05) is 104 Å². The van der Waals surface area contributed by atoms with Gasteiger partial charge in [-0.05, 0) is 94.7 Å². The first-order valence-corrected chi connectivity index (χ1v) is 40.4. The summed E-state index contributed by atoms with van der Waals surface area (Å²) in [6, 6.07) is 0. The third-order valence-electron chi connectivity index (χ3n) is 14.0. The predicted octanol–water partition coefficient (Wildman–Crippen LogP) is 2.53. The summed E-state index contributed by atoms with van der Waals surface area (Å²) in [7, 11) is 0. The van der Waals surface area contributed by atoms with Gasteiger partial charge in [-0.25, -0.2) is 19.2 Å². The second-order valence-corrected chi connectivity index (χ2v) is 29.4. The molecule has 42 heteroatoms. The SMILES string of the molecule is CC(C)(C)OC(=O)NCCNC(=O)CCOCCOCCOCCOCCN(CCOCCOCCOCCOCCC(=O)NCCNC(=O)OC(C)(C)C)c1nc(Cl)nc(N(CCOCCOCCOCCOCCC(=O)NCCNC(=O)OC(C)(C)C)CCOCCOCCOCCOCCC(=O)NCCNC(=O)OC(C)(C)C)n1. The predicted molar refractivity (Wildman–Crippen MR) is 430 cm³/mol. The molecule has 41 nitrogen and oxygen atoms in total. The Bertz CT molecular complexity index is 2410. The van der Waals surface area contributed by atoms with Gasteiger partial charge in [-0.3, -0.25) is 19.2 Å². The summed E-state index contributed by atoms with van der Waals surface area (Å²) >= 11 is 6.70. The van der Waals surface area contributed by atoms with Crippen LogP contribution in [0.1, 0.15) is 109 Å². The molecule has 0 unspecified atom stereocenters. The highest BCUT2D eigenvalue weighted by molar-refractivity contribution is 6.28. The monoisotopic (exact) mass is 1710 g/mol. The molecule has 117 heavy (non-hydrogen) atoms. The molecule has 0 saturated heterocycles. The molecule has 1 aromatic heterocycles. The molecule has 0 atom stereocenters. The Balaban J connectivity index is 2.85. The van der Waals surface area contributed by atoms with Crippen LogP contribution in [0.15, 0.2) is 0 Å².